The molecule has 0 saturated carbocycles. The number of ether oxygens (including phenoxy) is 1. The number of nitrogens with zero attached hydrogens (tertiary/aromatic N) is 3. The topological polar surface area (TPSA) is 69.0 Å². The Hall–Kier alpha value is -2.54. The van der Waals surface area contributed by atoms with Crippen molar-refractivity contribution in [1.82, 2.24) is 15.1 Å². The number of amides is 1. The van der Waals surface area contributed by atoms with Gasteiger partial charge in [0, 0.05) is 12.0 Å². The third-order valence-corrected chi connectivity index (χ3v) is 3.84. The van der Waals surface area contributed by atoms with E-state index in [1.165, 1.54) is 17.0 Å². The molecule has 0 radical (unpaired) electrons. The first-order valence-corrected chi connectivity index (χ1v) is 7.05. The van der Waals surface area contributed by atoms with Crippen LogP contribution in [0.1, 0.15) is 6.42 Å². The fraction of sp³-hybridized carbons (Fsp3) is 0.267. The number of nitrogens with one attached hydrogen (secondary N) is 1. The number of fused-ring (bicyclic) bond motifs is 3. The number of carbonyl (C=O) groups excluding carboxylic acids is 1. The number of carbonyl (C=O) groups is 1. The van der Waals surface area contributed by atoms with Crippen LogP contribution in [0.3, 0.4) is 0 Å². The van der Waals surface area contributed by atoms with Crippen LogP contribution in [0.2, 0.25) is 0 Å². The summed E-state index contributed by atoms with van der Waals surface area (Å²) in [5.41, 5.74) is 3.92. The van der Waals surface area contributed by atoms with Gasteiger partial charge in [-0.25, -0.2) is 9.82 Å². The van der Waals surface area contributed by atoms with Crippen LogP contribution >= 0.6 is 0 Å². The van der Waals surface area contributed by atoms with Gasteiger partial charge in [0.2, 0.25) is 5.91 Å². The number of hydrogen-bond acceptors (Lipinski definition) is 4. The molecule has 1 fully saturated rings. The molecule has 0 unspecified atom stereocenters. The Morgan fingerprint density at radius 3 is 3.05 bits per heavy atom. The molecular formula is C15H13FN4O2. The van der Waals surface area contributed by atoms with E-state index in [1.807, 2.05) is 0 Å². The van der Waals surface area contributed by atoms with Crippen molar-refractivity contribution < 1.29 is 13.9 Å². The molecule has 6 nitrogen and oxygen atoms in total. The maximum atomic E-state index is 13.3. The van der Waals surface area contributed by atoms with E-state index in [4.69, 9.17) is 4.74 Å². The van der Waals surface area contributed by atoms with Gasteiger partial charge in [-0.3, -0.25) is 4.79 Å². The van der Waals surface area contributed by atoms with E-state index in [0.717, 1.165) is 10.8 Å². The quantitative estimate of drug-likeness (QED) is 0.784. The van der Waals surface area contributed by atoms with E-state index >= 15 is 0 Å². The second-order valence-corrected chi connectivity index (χ2v) is 5.32. The second-order valence-electron chi connectivity index (χ2n) is 5.32. The minimum atomic E-state index is -0.297. The molecule has 112 valence electrons. The first-order chi connectivity index (χ1) is 10.7. The van der Waals surface area contributed by atoms with Crippen LogP contribution < -0.4 is 5.43 Å². The van der Waals surface area contributed by atoms with E-state index in [0.29, 0.717) is 30.7 Å². The Labute approximate surface area is 124 Å². The Morgan fingerprint density at radius 1 is 1.32 bits per heavy atom. The van der Waals surface area contributed by atoms with E-state index in [-0.39, 0.29) is 17.6 Å². The molecule has 1 aromatic heterocycles. The van der Waals surface area contributed by atoms with Crippen molar-refractivity contribution in [3.63, 3.8) is 0 Å². The summed E-state index contributed by atoms with van der Waals surface area (Å²) < 4.78 is 18.5. The van der Waals surface area contributed by atoms with E-state index in [2.05, 4.69) is 15.6 Å². The van der Waals surface area contributed by atoms with E-state index in [1.54, 1.807) is 18.2 Å². The first-order valence-electron chi connectivity index (χ1n) is 7.05. The molecule has 0 spiro atoms. The predicted octanol–water partition coefficient (Wildman–Crippen LogP) is 1.83. The predicted molar refractivity (Wildman–Crippen MR) is 78.3 cm³/mol. The largest absolute Gasteiger partial charge is 0.381 e. The molecule has 0 bridgehead atoms. The SMILES string of the molecule is O=C(Nn1nc2ccc3cc(F)ccc3c2n1)[C@H]1CCOC1. The van der Waals surface area contributed by atoms with Gasteiger partial charge >= 0.3 is 0 Å². The van der Waals surface area contributed by atoms with Crippen LogP contribution in [0, 0.1) is 11.7 Å². The van der Waals surface area contributed by atoms with Gasteiger partial charge in [-0.1, -0.05) is 11.0 Å². The number of hydrogen-bond donors (Lipinski definition) is 1. The highest BCUT2D eigenvalue weighted by Gasteiger charge is 2.24. The van der Waals surface area contributed by atoms with Crippen molar-refractivity contribution in [2.45, 2.75) is 6.42 Å². The van der Waals surface area contributed by atoms with E-state index in [9.17, 15) is 9.18 Å². The summed E-state index contributed by atoms with van der Waals surface area (Å²) in [4.78, 5) is 13.2. The molecule has 0 aliphatic carbocycles. The molecule has 2 heterocycles. The van der Waals surface area contributed by atoms with Crippen molar-refractivity contribution in [3.8, 4) is 0 Å². The maximum absolute atomic E-state index is 13.3. The van der Waals surface area contributed by atoms with Crippen LogP contribution in [0.5, 0.6) is 0 Å². The Kier molecular flexibility index (Phi) is 3.00. The van der Waals surface area contributed by atoms with Gasteiger partial charge in [0.25, 0.3) is 0 Å². The highest BCUT2D eigenvalue weighted by Crippen LogP contribution is 2.23. The van der Waals surface area contributed by atoms with Crippen molar-refractivity contribution in [2.24, 2.45) is 5.92 Å². The number of rotatable bonds is 2. The highest BCUT2D eigenvalue weighted by atomic mass is 19.1. The Balaban J connectivity index is 1.70. The fourth-order valence-electron chi connectivity index (χ4n) is 2.66. The number of halogens is 1. The Bertz CT molecular complexity index is 870. The van der Waals surface area contributed by atoms with Gasteiger partial charge in [0.05, 0.1) is 12.5 Å². The van der Waals surface area contributed by atoms with Gasteiger partial charge in [0.15, 0.2) is 0 Å². The van der Waals surface area contributed by atoms with Crippen molar-refractivity contribution in [1.29, 1.82) is 0 Å². The standard InChI is InChI=1S/C15H13FN4O2/c16-11-2-3-12-9(7-11)1-4-13-14(12)18-20(17-13)19-15(21)10-5-6-22-8-10/h1-4,7,10H,5-6,8H2,(H,19,21)/t10-/m0/s1. The molecule has 1 atom stereocenters. The first kappa shape index (κ1) is 13.1. The van der Waals surface area contributed by atoms with Crippen molar-refractivity contribution in [2.75, 3.05) is 18.6 Å². The number of aromatic nitrogens is 3. The summed E-state index contributed by atoms with van der Waals surface area (Å²) >= 11 is 0. The molecule has 1 aliphatic heterocycles. The maximum Gasteiger partial charge on any atom is 0.246 e. The van der Waals surface area contributed by atoms with Crippen LogP contribution in [0.25, 0.3) is 21.8 Å². The van der Waals surface area contributed by atoms with Crippen LogP contribution in [-0.2, 0) is 9.53 Å². The molecule has 3 aromatic rings. The molecule has 4 rings (SSSR count). The average Bonchev–Trinajstić information content (AvgIpc) is 3.15. The second kappa shape index (κ2) is 5.03. The summed E-state index contributed by atoms with van der Waals surface area (Å²) in [6.07, 6.45) is 0.703. The zero-order valence-electron chi connectivity index (χ0n) is 11.6. The van der Waals surface area contributed by atoms with E-state index < -0.39 is 0 Å². The lowest BCUT2D eigenvalue weighted by molar-refractivity contribution is -0.121. The van der Waals surface area contributed by atoms with Crippen molar-refractivity contribution >= 4 is 27.7 Å². The zero-order chi connectivity index (χ0) is 15.1. The minimum Gasteiger partial charge on any atom is -0.381 e. The third-order valence-electron chi connectivity index (χ3n) is 3.84. The van der Waals surface area contributed by atoms with Gasteiger partial charge in [-0.2, -0.15) is 0 Å². The molecule has 7 heteroatoms. The molecule has 1 saturated heterocycles. The summed E-state index contributed by atoms with van der Waals surface area (Å²) in [7, 11) is 0. The van der Waals surface area contributed by atoms with Crippen molar-refractivity contribution in [3.05, 3.63) is 36.1 Å². The smallest absolute Gasteiger partial charge is 0.246 e. The minimum absolute atomic E-state index is 0.159. The fourth-order valence-corrected chi connectivity index (χ4v) is 2.66. The lowest BCUT2D eigenvalue weighted by Gasteiger charge is -2.06. The summed E-state index contributed by atoms with van der Waals surface area (Å²) in [6, 6.07) is 8.04. The highest BCUT2D eigenvalue weighted by molar-refractivity contribution is 6.03. The third kappa shape index (κ3) is 2.19. The van der Waals surface area contributed by atoms with Gasteiger partial charge in [-0.05, 0) is 36.1 Å². The number of benzene rings is 2. The van der Waals surface area contributed by atoms with Gasteiger partial charge in [0.1, 0.15) is 16.9 Å². The molecule has 22 heavy (non-hydrogen) atoms. The molecule has 1 aliphatic rings. The average molecular weight is 300 g/mol. The molecule has 2 aromatic carbocycles. The van der Waals surface area contributed by atoms with Crippen LogP contribution in [0.4, 0.5) is 4.39 Å². The zero-order valence-corrected chi connectivity index (χ0v) is 11.6. The lowest BCUT2D eigenvalue weighted by Crippen LogP contribution is -2.31. The molecule has 1 amide bonds. The molecule has 1 N–H and O–H groups in total. The summed E-state index contributed by atoms with van der Waals surface area (Å²) in [5.74, 6) is -0.623. The van der Waals surface area contributed by atoms with Crippen LogP contribution in [-0.4, -0.2) is 34.2 Å². The molecular weight excluding hydrogens is 287 g/mol. The summed E-state index contributed by atoms with van der Waals surface area (Å²) in [5, 5.41) is 10.1. The monoisotopic (exact) mass is 300 g/mol. The summed E-state index contributed by atoms with van der Waals surface area (Å²) in [6.45, 7) is 1.03. The Morgan fingerprint density at radius 2 is 2.23 bits per heavy atom. The normalized spacial score (nSPS) is 18.1. The lowest BCUT2D eigenvalue weighted by atomic mass is 10.1. The van der Waals surface area contributed by atoms with Gasteiger partial charge in [-0.15, -0.1) is 10.2 Å². The van der Waals surface area contributed by atoms with Gasteiger partial charge < -0.3 is 4.74 Å². The van der Waals surface area contributed by atoms with Crippen LogP contribution in [0.15, 0.2) is 30.3 Å².